The van der Waals surface area contributed by atoms with Crippen LogP contribution >= 0.6 is 0 Å². The number of alkyl halides is 3. The van der Waals surface area contributed by atoms with Crippen molar-refractivity contribution in [3.8, 4) is 22.7 Å². The first-order valence-electron chi connectivity index (χ1n) is 18.2. The van der Waals surface area contributed by atoms with Crippen LogP contribution in [0, 0.1) is 6.92 Å². The normalized spacial score (nSPS) is 16.7. The average molecular weight is 752 g/mol. The number of likely N-dealkylation sites (tertiary alicyclic amines) is 2. The summed E-state index contributed by atoms with van der Waals surface area (Å²) in [6, 6.07) is 10.2. The number of hydrogen-bond acceptors (Lipinski definition) is 9. The third-order valence-corrected chi connectivity index (χ3v) is 9.97. The van der Waals surface area contributed by atoms with E-state index in [-0.39, 0.29) is 30.1 Å². The molecule has 0 bridgehead atoms. The van der Waals surface area contributed by atoms with Gasteiger partial charge in [-0.2, -0.15) is 23.4 Å². The SMILES string of the molecule is Cc1cc(-c2ccc(OC3CCN(C4CCN(C(=O)OC(C)(C)C)CC4)CC3)nc2)ccc1-n1cc(C(=O)NCc2nc(C(C)(C)C(F)(F)F)n[nH]2)cn1. The first kappa shape index (κ1) is 38.7. The number of H-pyrrole nitrogens is 1. The van der Waals surface area contributed by atoms with E-state index in [2.05, 4.69) is 35.5 Å². The molecule has 5 heterocycles. The summed E-state index contributed by atoms with van der Waals surface area (Å²) in [5.74, 6) is -0.159. The number of nitrogens with one attached hydrogen (secondary N) is 2. The molecule has 2 aliphatic heterocycles. The second kappa shape index (κ2) is 15.4. The Kier molecular flexibility index (Phi) is 11.0. The van der Waals surface area contributed by atoms with E-state index in [1.165, 1.54) is 6.20 Å². The first-order chi connectivity index (χ1) is 25.5. The highest BCUT2D eigenvalue weighted by Crippen LogP contribution is 2.38. The van der Waals surface area contributed by atoms with E-state index in [0.717, 1.165) is 75.0 Å². The number of aryl methyl sites for hydroxylation is 1. The van der Waals surface area contributed by atoms with E-state index in [9.17, 15) is 22.8 Å². The van der Waals surface area contributed by atoms with Gasteiger partial charge in [0.05, 0.1) is 24.0 Å². The van der Waals surface area contributed by atoms with E-state index in [0.29, 0.717) is 25.0 Å². The number of carbonyl (C=O) groups excluding carboxylic acids is 2. The van der Waals surface area contributed by atoms with Crippen LogP contribution in [0.15, 0.2) is 48.9 Å². The number of nitrogens with zero attached hydrogens (tertiary/aromatic N) is 7. The van der Waals surface area contributed by atoms with Crippen LogP contribution in [0.2, 0.25) is 0 Å². The molecule has 4 aromatic rings. The van der Waals surface area contributed by atoms with Crippen molar-refractivity contribution in [3.63, 3.8) is 0 Å². The molecule has 3 aromatic heterocycles. The van der Waals surface area contributed by atoms with E-state index >= 15 is 0 Å². The smallest absolute Gasteiger partial charge is 0.410 e. The van der Waals surface area contributed by atoms with Gasteiger partial charge in [0.15, 0.2) is 5.82 Å². The summed E-state index contributed by atoms with van der Waals surface area (Å²) in [4.78, 5) is 38.1. The van der Waals surface area contributed by atoms with Gasteiger partial charge >= 0.3 is 12.3 Å². The van der Waals surface area contributed by atoms with Crippen LogP contribution in [0.1, 0.15) is 87.9 Å². The molecule has 0 aliphatic carbocycles. The summed E-state index contributed by atoms with van der Waals surface area (Å²) < 4.78 is 53.4. The summed E-state index contributed by atoms with van der Waals surface area (Å²) in [5, 5.41) is 13.2. The second-order valence-corrected chi connectivity index (χ2v) is 15.5. The van der Waals surface area contributed by atoms with Gasteiger partial charge in [0.2, 0.25) is 5.88 Å². The third-order valence-electron chi connectivity index (χ3n) is 9.97. The van der Waals surface area contributed by atoms with E-state index in [4.69, 9.17) is 9.47 Å². The quantitative estimate of drug-likeness (QED) is 0.199. The monoisotopic (exact) mass is 751 g/mol. The first-order valence-corrected chi connectivity index (χ1v) is 18.2. The molecule has 0 unspecified atom stereocenters. The number of rotatable bonds is 9. The van der Waals surface area contributed by atoms with Crippen molar-refractivity contribution < 1.29 is 32.2 Å². The van der Waals surface area contributed by atoms with Gasteiger partial charge < -0.3 is 19.7 Å². The number of aromatic nitrogens is 6. The van der Waals surface area contributed by atoms with Gasteiger partial charge in [0.25, 0.3) is 5.91 Å². The lowest BCUT2D eigenvalue weighted by Crippen LogP contribution is -2.50. The summed E-state index contributed by atoms with van der Waals surface area (Å²) in [7, 11) is 0. The lowest BCUT2D eigenvalue weighted by molar-refractivity contribution is -0.182. The molecule has 13 nitrogen and oxygen atoms in total. The summed E-state index contributed by atoms with van der Waals surface area (Å²) in [5.41, 5.74) is 1.15. The summed E-state index contributed by atoms with van der Waals surface area (Å²) in [6.45, 7) is 12.8. The molecular formula is C38H48F3N9O4. The third kappa shape index (κ3) is 9.02. The van der Waals surface area contributed by atoms with Gasteiger partial charge in [0.1, 0.15) is 22.9 Å². The maximum absolute atomic E-state index is 13.3. The Morgan fingerprint density at radius 1 is 0.944 bits per heavy atom. The molecule has 0 saturated carbocycles. The Labute approximate surface area is 312 Å². The van der Waals surface area contributed by atoms with Gasteiger partial charge in [-0.3, -0.25) is 14.8 Å². The number of ether oxygens (including phenoxy) is 2. The Morgan fingerprint density at radius 3 is 2.28 bits per heavy atom. The summed E-state index contributed by atoms with van der Waals surface area (Å²) in [6.07, 6.45) is 3.87. The van der Waals surface area contributed by atoms with Gasteiger partial charge in [-0.15, -0.1) is 0 Å². The number of halogens is 3. The van der Waals surface area contributed by atoms with Crippen molar-refractivity contribution in [1.82, 2.24) is 45.1 Å². The average Bonchev–Trinajstić information content (AvgIpc) is 3.82. The fourth-order valence-corrected chi connectivity index (χ4v) is 6.60. The van der Waals surface area contributed by atoms with Gasteiger partial charge in [-0.05, 0) is 96.6 Å². The Hall–Kier alpha value is -4.99. The molecule has 2 N–H and O–H groups in total. The largest absolute Gasteiger partial charge is 0.474 e. The molecule has 2 amide bonds. The van der Waals surface area contributed by atoms with Gasteiger partial charge in [0, 0.05) is 56.2 Å². The standard InChI is InChI=1S/C38H48F3N9O4/c1-24-19-25(7-9-30(24)50-23-27(21-44-50)33(51)43-22-31-45-34(47-46-31)37(5,6)38(39,40)41)26-8-10-32(42-20-26)53-29-13-17-48(18-14-29)28-11-15-49(16-12-28)35(52)54-36(2,3)4/h7-10,19-21,23,28-29H,11-18,22H2,1-6H3,(H,43,51)(H,45,46,47). The van der Waals surface area contributed by atoms with Crippen molar-refractivity contribution in [1.29, 1.82) is 0 Å². The predicted octanol–water partition coefficient (Wildman–Crippen LogP) is 6.37. The minimum Gasteiger partial charge on any atom is -0.474 e. The fourth-order valence-electron chi connectivity index (χ4n) is 6.60. The molecule has 2 fully saturated rings. The molecule has 290 valence electrons. The highest BCUT2D eigenvalue weighted by atomic mass is 19.4. The van der Waals surface area contributed by atoms with Crippen molar-refractivity contribution in [2.75, 3.05) is 26.2 Å². The Morgan fingerprint density at radius 2 is 1.65 bits per heavy atom. The molecule has 16 heteroatoms. The molecule has 6 rings (SSSR count). The van der Waals surface area contributed by atoms with Crippen LogP contribution in [0.4, 0.5) is 18.0 Å². The topological polar surface area (TPSA) is 143 Å². The number of pyridine rings is 1. The lowest BCUT2D eigenvalue weighted by Gasteiger charge is -2.41. The number of aromatic amines is 1. The van der Waals surface area contributed by atoms with Crippen LogP contribution in [0.25, 0.3) is 16.8 Å². The van der Waals surface area contributed by atoms with Crippen LogP contribution in [-0.4, -0.2) is 102 Å². The molecule has 0 atom stereocenters. The lowest BCUT2D eigenvalue weighted by atomic mass is 9.92. The molecular weight excluding hydrogens is 703 g/mol. The summed E-state index contributed by atoms with van der Waals surface area (Å²) >= 11 is 0. The number of hydrogen-bond donors (Lipinski definition) is 2. The van der Waals surface area contributed by atoms with Crippen LogP contribution in [-0.2, 0) is 16.7 Å². The van der Waals surface area contributed by atoms with Crippen molar-refractivity contribution in [2.45, 2.75) is 103 Å². The maximum Gasteiger partial charge on any atom is 0.410 e. The minimum atomic E-state index is -4.52. The molecule has 0 spiro atoms. The van der Waals surface area contributed by atoms with E-state index in [1.54, 1.807) is 17.1 Å². The molecule has 0 radical (unpaired) electrons. The zero-order valence-electron chi connectivity index (χ0n) is 31.5. The molecule has 1 aromatic carbocycles. The van der Waals surface area contributed by atoms with Crippen molar-refractivity contribution in [3.05, 3.63) is 71.7 Å². The zero-order valence-corrected chi connectivity index (χ0v) is 31.5. The van der Waals surface area contributed by atoms with Gasteiger partial charge in [-0.1, -0.05) is 6.07 Å². The highest BCUT2D eigenvalue weighted by molar-refractivity contribution is 5.93. The fraction of sp³-hybridized carbons (Fsp3) is 0.526. The highest BCUT2D eigenvalue weighted by Gasteiger charge is 2.51. The zero-order chi connectivity index (χ0) is 38.8. The Bertz CT molecular complexity index is 1920. The van der Waals surface area contributed by atoms with Crippen LogP contribution < -0.4 is 10.1 Å². The van der Waals surface area contributed by atoms with Gasteiger partial charge in [-0.25, -0.2) is 19.4 Å². The van der Waals surface area contributed by atoms with Crippen LogP contribution in [0.5, 0.6) is 5.88 Å². The number of piperidine rings is 2. The van der Waals surface area contributed by atoms with Crippen molar-refractivity contribution in [2.24, 2.45) is 0 Å². The van der Waals surface area contributed by atoms with E-state index in [1.807, 2.05) is 62.9 Å². The number of carbonyl (C=O) groups is 2. The number of benzene rings is 1. The molecule has 2 saturated heterocycles. The minimum absolute atomic E-state index is 0.0923. The Balaban J connectivity index is 0.971. The second-order valence-electron chi connectivity index (χ2n) is 15.5. The number of amides is 2. The van der Waals surface area contributed by atoms with Crippen LogP contribution in [0.3, 0.4) is 0 Å². The van der Waals surface area contributed by atoms with E-state index < -0.39 is 28.9 Å². The maximum atomic E-state index is 13.3. The molecule has 54 heavy (non-hydrogen) atoms. The molecule has 2 aliphatic rings. The van der Waals surface area contributed by atoms with Crippen molar-refractivity contribution >= 4 is 12.0 Å². The predicted molar refractivity (Wildman–Crippen MR) is 194 cm³/mol.